The second-order valence-electron chi connectivity index (χ2n) is 3.03. The van der Waals surface area contributed by atoms with Crippen LogP contribution in [0.4, 0.5) is 4.79 Å². The van der Waals surface area contributed by atoms with Crippen LogP contribution in [-0.4, -0.2) is 43.3 Å². The number of nitrogens with zero attached hydrogens (tertiary/aromatic N) is 1. The van der Waals surface area contributed by atoms with Gasteiger partial charge in [0.2, 0.25) is 0 Å². The number of rotatable bonds is 1. The first kappa shape index (κ1) is 13.8. The molecule has 0 amide bonds. The molecule has 0 aliphatic rings. The first-order chi connectivity index (χ1) is 5.21. The number of ether oxygens (including phenoxy) is 1. The van der Waals surface area contributed by atoms with Crippen LogP contribution in [0.2, 0.25) is 0 Å². The lowest BCUT2D eigenvalue weighted by molar-refractivity contribution is -1.09. The van der Waals surface area contributed by atoms with E-state index in [1.54, 1.807) is 14.1 Å². The van der Waals surface area contributed by atoms with Crippen LogP contribution in [0, 0.1) is 0 Å². The highest BCUT2D eigenvalue weighted by Gasteiger charge is 2.14. The molecule has 12 heavy (non-hydrogen) atoms. The van der Waals surface area contributed by atoms with Gasteiger partial charge in [-0.15, -0.1) is 0 Å². The molecule has 1 N–H and O–H groups in total. The molecule has 0 aromatic carbocycles. The van der Waals surface area contributed by atoms with Crippen LogP contribution in [0.15, 0.2) is 0 Å². The van der Waals surface area contributed by atoms with Crippen molar-refractivity contribution in [3.63, 3.8) is 0 Å². The molecule has 0 atom stereocenters. The molecule has 0 saturated carbocycles. The molecular formula is C7H17NO4. The summed E-state index contributed by atoms with van der Waals surface area (Å²) in [5.74, 6) is 0. The van der Waals surface area contributed by atoms with E-state index in [-0.39, 0.29) is 4.65 Å². The summed E-state index contributed by atoms with van der Waals surface area (Å²) < 4.78 is 3.61. The molecule has 0 unspecified atom stereocenters. The van der Waals surface area contributed by atoms with E-state index in [9.17, 15) is 0 Å². The number of quaternary nitrogens is 1. The van der Waals surface area contributed by atoms with Crippen LogP contribution < -0.4 is 5.11 Å². The van der Waals surface area contributed by atoms with Gasteiger partial charge in [-0.1, -0.05) is 0 Å². The maximum Gasteiger partial charge on any atom is 0.251 e. The van der Waals surface area contributed by atoms with Crippen molar-refractivity contribution < 1.29 is 24.5 Å². The summed E-state index contributed by atoms with van der Waals surface area (Å²) in [4.78, 5) is 9.03. The van der Waals surface area contributed by atoms with E-state index in [4.69, 9.17) is 15.1 Å². The van der Waals surface area contributed by atoms with E-state index in [1.807, 2.05) is 13.8 Å². The lowest BCUT2D eigenvalue weighted by Gasteiger charge is -2.23. The second kappa shape index (κ2) is 5.79. The molecule has 0 bridgehead atoms. The molecule has 0 spiro atoms. The van der Waals surface area contributed by atoms with Crippen LogP contribution >= 0.6 is 0 Å². The molecule has 0 aliphatic carbocycles. The molecular weight excluding hydrogens is 162 g/mol. The van der Waals surface area contributed by atoms with Crippen LogP contribution in [0.25, 0.3) is 0 Å². The second-order valence-corrected chi connectivity index (χ2v) is 3.03. The summed E-state index contributed by atoms with van der Waals surface area (Å²) in [6, 6.07) is 0.292. The average Bonchev–Trinajstić information content (AvgIpc) is 1.87. The van der Waals surface area contributed by atoms with Gasteiger partial charge in [0.25, 0.3) is 6.16 Å². The maximum absolute atomic E-state index is 9.03. The molecule has 0 heterocycles. The fourth-order valence-electron chi connectivity index (χ4n) is 0. The minimum atomic E-state index is -1.50. The van der Waals surface area contributed by atoms with Crippen LogP contribution in [0.5, 0.6) is 0 Å². The van der Waals surface area contributed by atoms with E-state index in [0.717, 1.165) is 7.11 Å². The standard InChI is InChI=1S/C5H14NO.C2H4O3/c1-5(2)6(3,4)7;1-5-2(3)4/h5,7H,1-4H3;1H3,(H,3,4)/q+1;/p-1. The number of carbonyl (C=O) groups is 1. The maximum atomic E-state index is 9.03. The zero-order valence-electron chi connectivity index (χ0n) is 8.20. The molecule has 0 fully saturated rings. The zero-order valence-corrected chi connectivity index (χ0v) is 8.20. The smallest absolute Gasteiger partial charge is 0.251 e. The number of methoxy groups -OCH3 is 1. The Morgan fingerprint density at radius 2 is 1.67 bits per heavy atom. The van der Waals surface area contributed by atoms with E-state index < -0.39 is 6.16 Å². The fraction of sp³-hybridized carbons (Fsp3) is 0.857. The van der Waals surface area contributed by atoms with Crippen molar-refractivity contribution in [3.05, 3.63) is 0 Å². The number of hydrogen-bond acceptors (Lipinski definition) is 4. The topological polar surface area (TPSA) is 69.6 Å². The summed E-state index contributed by atoms with van der Waals surface area (Å²) in [5.41, 5.74) is 0. The largest absolute Gasteiger partial charge is 0.553 e. The van der Waals surface area contributed by atoms with Gasteiger partial charge in [0.05, 0.1) is 14.1 Å². The predicted octanol–water partition coefficient (Wildman–Crippen LogP) is -0.163. The molecule has 0 saturated heterocycles. The highest BCUT2D eigenvalue weighted by Crippen LogP contribution is 1.97. The number of hydrogen-bond donors (Lipinski definition) is 1. The van der Waals surface area contributed by atoms with Gasteiger partial charge in [-0.25, -0.2) is 5.21 Å². The van der Waals surface area contributed by atoms with Gasteiger partial charge in [-0.05, 0) is 13.8 Å². The Balaban J connectivity index is 0. The zero-order chi connectivity index (χ0) is 10.4. The fourth-order valence-corrected chi connectivity index (χ4v) is 0. The predicted molar refractivity (Wildman–Crippen MR) is 41.4 cm³/mol. The van der Waals surface area contributed by atoms with Crippen molar-refractivity contribution >= 4 is 6.16 Å². The lowest BCUT2D eigenvalue weighted by Crippen LogP contribution is -2.41. The Bertz CT molecular complexity index is 128. The molecule has 5 nitrogen and oxygen atoms in total. The first-order valence-electron chi connectivity index (χ1n) is 3.53. The van der Waals surface area contributed by atoms with Gasteiger partial charge in [0, 0.05) is 7.11 Å². The molecule has 0 aliphatic heterocycles. The Hall–Kier alpha value is -0.810. The van der Waals surface area contributed by atoms with E-state index in [0.29, 0.717) is 6.04 Å². The van der Waals surface area contributed by atoms with Crippen molar-refractivity contribution in [2.45, 2.75) is 19.9 Å². The minimum absolute atomic E-state index is 0.0556. The summed E-state index contributed by atoms with van der Waals surface area (Å²) >= 11 is 0. The van der Waals surface area contributed by atoms with E-state index in [2.05, 4.69) is 4.74 Å². The third-order valence-corrected chi connectivity index (χ3v) is 1.43. The van der Waals surface area contributed by atoms with Crippen LogP contribution in [0.1, 0.15) is 13.8 Å². The monoisotopic (exact) mass is 179 g/mol. The van der Waals surface area contributed by atoms with Gasteiger partial charge in [-0.3, -0.25) is 0 Å². The SMILES string of the molecule is CC(C)[N+](C)(C)O.COC(=O)[O-]. The quantitative estimate of drug-likeness (QED) is 0.345. The number of hydroxylamine groups is 3. The van der Waals surface area contributed by atoms with E-state index in [1.165, 1.54) is 0 Å². The lowest BCUT2D eigenvalue weighted by atomic mass is 10.4. The van der Waals surface area contributed by atoms with Crippen molar-refractivity contribution in [3.8, 4) is 0 Å². The Kier molecular flexibility index (Phi) is 6.64. The van der Waals surface area contributed by atoms with Gasteiger partial charge < -0.3 is 14.6 Å². The normalized spacial score (nSPS) is 10.2. The van der Waals surface area contributed by atoms with Gasteiger partial charge in [0.1, 0.15) is 6.04 Å². The third-order valence-electron chi connectivity index (χ3n) is 1.43. The van der Waals surface area contributed by atoms with Gasteiger partial charge >= 0.3 is 0 Å². The van der Waals surface area contributed by atoms with Crippen LogP contribution in [0.3, 0.4) is 0 Å². The number of carboxylic acid groups (broad SMARTS) is 1. The van der Waals surface area contributed by atoms with Crippen molar-refractivity contribution in [2.75, 3.05) is 21.2 Å². The molecule has 0 rings (SSSR count). The summed E-state index contributed by atoms with van der Waals surface area (Å²) in [6.07, 6.45) is -1.50. The van der Waals surface area contributed by atoms with Crippen LogP contribution in [-0.2, 0) is 4.74 Å². The van der Waals surface area contributed by atoms with Crippen molar-refractivity contribution in [1.82, 2.24) is 0 Å². The van der Waals surface area contributed by atoms with Crippen molar-refractivity contribution in [2.24, 2.45) is 0 Å². The summed E-state index contributed by atoms with van der Waals surface area (Å²) in [6.45, 7) is 3.94. The Morgan fingerprint density at radius 3 is 1.67 bits per heavy atom. The van der Waals surface area contributed by atoms with Crippen molar-refractivity contribution in [1.29, 1.82) is 0 Å². The summed E-state index contributed by atoms with van der Waals surface area (Å²) in [7, 11) is 4.55. The minimum Gasteiger partial charge on any atom is -0.553 e. The molecule has 74 valence electrons. The Labute approximate surface area is 72.7 Å². The Morgan fingerprint density at radius 1 is 1.50 bits per heavy atom. The highest BCUT2D eigenvalue weighted by molar-refractivity contribution is 5.53. The number of carbonyl (C=O) groups excluding carboxylic acids is 1. The molecule has 5 heteroatoms. The highest BCUT2D eigenvalue weighted by atomic mass is 16.6. The van der Waals surface area contributed by atoms with Gasteiger partial charge in [0.15, 0.2) is 0 Å². The first-order valence-corrected chi connectivity index (χ1v) is 3.53. The average molecular weight is 179 g/mol. The molecule has 0 aromatic rings. The molecule has 0 radical (unpaired) electrons. The summed E-state index contributed by atoms with van der Waals surface area (Å²) in [5, 5.41) is 18.1. The van der Waals surface area contributed by atoms with E-state index >= 15 is 0 Å². The third kappa shape index (κ3) is 11.9. The van der Waals surface area contributed by atoms with Gasteiger partial charge in [-0.2, -0.15) is 4.65 Å². The molecule has 0 aromatic heterocycles.